The van der Waals surface area contributed by atoms with Gasteiger partial charge in [-0.15, -0.1) is 0 Å². The highest BCUT2D eigenvalue weighted by Crippen LogP contribution is 2.45. The second kappa shape index (κ2) is 7.42. The molecule has 0 N–H and O–H groups in total. The van der Waals surface area contributed by atoms with E-state index in [0.717, 1.165) is 25.2 Å². The minimum atomic E-state index is 0.0715. The summed E-state index contributed by atoms with van der Waals surface area (Å²) in [6.07, 6.45) is 0.458. The van der Waals surface area contributed by atoms with Gasteiger partial charge in [0.05, 0.1) is 12.5 Å². The molecular weight excluding hydrogens is 348 g/mol. The highest BCUT2D eigenvalue weighted by atomic mass is 16.2. The molecule has 2 aromatic carbocycles. The smallest absolute Gasteiger partial charge is 0.227 e. The summed E-state index contributed by atoms with van der Waals surface area (Å²) in [6, 6.07) is 16.6. The molecule has 4 heteroatoms. The van der Waals surface area contributed by atoms with E-state index in [1.54, 1.807) is 6.92 Å². The number of nitrogens with zero attached hydrogens (tertiary/aromatic N) is 2. The van der Waals surface area contributed by atoms with Gasteiger partial charge < -0.3 is 9.80 Å². The number of hydrogen-bond acceptors (Lipinski definition) is 2. The Balaban J connectivity index is 1.52. The Hall–Kier alpha value is -2.62. The van der Waals surface area contributed by atoms with Crippen molar-refractivity contribution in [3.05, 3.63) is 70.8 Å². The van der Waals surface area contributed by atoms with E-state index in [1.165, 1.54) is 16.7 Å². The number of aryl methyl sites for hydroxylation is 2. The Morgan fingerprint density at radius 1 is 1.00 bits per heavy atom. The Morgan fingerprint density at radius 2 is 1.75 bits per heavy atom. The number of fused-ring (bicyclic) bond motifs is 1. The summed E-state index contributed by atoms with van der Waals surface area (Å²) in [5.74, 6) is 0.992. The molecule has 2 aliphatic heterocycles. The lowest BCUT2D eigenvalue weighted by molar-refractivity contribution is -0.131. The van der Waals surface area contributed by atoms with Gasteiger partial charge in [0.25, 0.3) is 0 Å². The van der Waals surface area contributed by atoms with Gasteiger partial charge in [0, 0.05) is 38.4 Å². The van der Waals surface area contributed by atoms with Crippen LogP contribution in [0.15, 0.2) is 48.5 Å². The first-order valence-electron chi connectivity index (χ1n) is 10.1. The topological polar surface area (TPSA) is 40.6 Å². The monoisotopic (exact) mass is 376 g/mol. The summed E-state index contributed by atoms with van der Waals surface area (Å²) in [7, 11) is 0. The minimum Gasteiger partial charge on any atom is -0.342 e. The van der Waals surface area contributed by atoms with Gasteiger partial charge >= 0.3 is 0 Å². The molecule has 146 valence electrons. The van der Waals surface area contributed by atoms with E-state index < -0.39 is 0 Å². The van der Waals surface area contributed by atoms with Crippen molar-refractivity contribution in [3.8, 4) is 0 Å². The van der Waals surface area contributed by atoms with Crippen LogP contribution in [0, 0.1) is 25.7 Å². The number of carbonyl (C=O) groups excluding carboxylic acids is 2. The Bertz CT molecular complexity index is 893. The average molecular weight is 377 g/mol. The van der Waals surface area contributed by atoms with Crippen LogP contribution in [0.1, 0.15) is 35.2 Å². The van der Waals surface area contributed by atoms with Gasteiger partial charge in [-0.2, -0.15) is 0 Å². The molecule has 0 aliphatic carbocycles. The minimum absolute atomic E-state index is 0.0715. The highest BCUT2D eigenvalue weighted by molar-refractivity contribution is 5.80. The first-order chi connectivity index (χ1) is 13.4. The lowest BCUT2D eigenvalue weighted by Gasteiger charge is -2.29. The zero-order valence-electron chi connectivity index (χ0n) is 16.9. The predicted molar refractivity (Wildman–Crippen MR) is 110 cm³/mol. The second-order valence-corrected chi connectivity index (χ2v) is 8.36. The van der Waals surface area contributed by atoms with E-state index in [1.807, 2.05) is 28.0 Å². The number of rotatable bonds is 3. The molecule has 2 aromatic rings. The van der Waals surface area contributed by atoms with Crippen molar-refractivity contribution in [2.24, 2.45) is 11.8 Å². The fourth-order valence-electron chi connectivity index (χ4n) is 4.92. The second-order valence-electron chi connectivity index (χ2n) is 8.36. The zero-order chi connectivity index (χ0) is 19.8. The van der Waals surface area contributed by atoms with Gasteiger partial charge in [-0.25, -0.2) is 0 Å². The van der Waals surface area contributed by atoms with Crippen LogP contribution >= 0.6 is 0 Å². The largest absolute Gasteiger partial charge is 0.342 e. The molecule has 4 nitrogen and oxygen atoms in total. The first kappa shape index (κ1) is 18.7. The lowest BCUT2D eigenvalue weighted by atomic mass is 9.89. The number of benzene rings is 2. The SMILES string of the molecule is CC(=O)N1C[C@H]2CN(C(=O)Cc3cc(C)ccc3C)C[C@H]2[C@H]1c1ccccc1. The van der Waals surface area contributed by atoms with Crippen LogP contribution in [-0.2, 0) is 16.0 Å². The molecule has 0 unspecified atom stereocenters. The Kier molecular flexibility index (Phi) is 4.96. The third-order valence-corrected chi connectivity index (χ3v) is 6.41. The lowest BCUT2D eigenvalue weighted by Crippen LogP contribution is -2.37. The molecule has 4 rings (SSSR count). The summed E-state index contributed by atoms with van der Waals surface area (Å²) in [5.41, 5.74) is 4.65. The van der Waals surface area contributed by atoms with Crippen molar-refractivity contribution in [1.82, 2.24) is 9.80 Å². The Labute approximate surface area is 167 Å². The van der Waals surface area contributed by atoms with E-state index in [9.17, 15) is 9.59 Å². The molecule has 2 aliphatic rings. The van der Waals surface area contributed by atoms with Crippen LogP contribution < -0.4 is 0 Å². The Morgan fingerprint density at radius 3 is 2.46 bits per heavy atom. The third kappa shape index (κ3) is 3.44. The van der Waals surface area contributed by atoms with Crippen LogP contribution in [0.5, 0.6) is 0 Å². The zero-order valence-corrected chi connectivity index (χ0v) is 16.9. The molecule has 3 atom stereocenters. The summed E-state index contributed by atoms with van der Waals surface area (Å²) >= 11 is 0. The standard InChI is InChI=1S/C24H28N2O2/c1-16-9-10-17(2)20(11-16)12-23(28)25-13-21-14-26(18(3)27)24(22(21)15-25)19-7-5-4-6-8-19/h4-11,21-22,24H,12-15H2,1-3H3/t21-,22-,24-/m1/s1. The number of amides is 2. The molecule has 2 heterocycles. The van der Waals surface area contributed by atoms with Crippen molar-refractivity contribution >= 4 is 11.8 Å². The van der Waals surface area contributed by atoms with Gasteiger partial charge in [-0.05, 0) is 30.5 Å². The van der Waals surface area contributed by atoms with E-state index in [0.29, 0.717) is 18.3 Å². The molecule has 0 aromatic heterocycles. The molecule has 0 radical (unpaired) electrons. The van der Waals surface area contributed by atoms with Crippen LogP contribution in [-0.4, -0.2) is 41.2 Å². The average Bonchev–Trinajstić information content (AvgIpc) is 3.23. The molecule has 0 bridgehead atoms. The van der Waals surface area contributed by atoms with Crippen LogP contribution in [0.4, 0.5) is 0 Å². The maximum absolute atomic E-state index is 13.0. The van der Waals surface area contributed by atoms with Crippen molar-refractivity contribution in [3.63, 3.8) is 0 Å². The molecule has 0 saturated carbocycles. The van der Waals surface area contributed by atoms with E-state index >= 15 is 0 Å². The molecular formula is C24H28N2O2. The maximum atomic E-state index is 13.0. The molecule has 0 spiro atoms. The summed E-state index contributed by atoms with van der Waals surface area (Å²) in [4.78, 5) is 29.3. The fourth-order valence-corrected chi connectivity index (χ4v) is 4.92. The normalized spacial score (nSPS) is 23.8. The van der Waals surface area contributed by atoms with Gasteiger partial charge in [-0.3, -0.25) is 9.59 Å². The summed E-state index contributed by atoms with van der Waals surface area (Å²) in [6.45, 7) is 8.01. The number of likely N-dealkylation sites (tertiary alicyclic amines) is 2. The first-order valence-corrected chi connectivity index (χ1v) is 10.1. The number of carbonyl (C=O) groups is 2. The fraction of sp³-hybridized carbons (Fsp3) is 0.417. The molecule has 28 heavy (non-hydrogen) atoms. The molecule has 2 saturated heterocycles. The van der Waals surface area contributed by atoms with Crippen molar-refractivity contribution < 1.29 is 9.59 Å². The van der Waals surface area contributed by atoms with Gasteiger partial charge in [0.15, 0.2) is 0 Å². The highest BCUT2D eigenvalue weighted by Gasteiger charge is 2.49. The van der Waals surface area contributed by atoms with E-state index in [4.69, 9.17) is 0 Å². The summed E-state index contributed by atoms with van der Waals surface area (Å²) < 4.78 is 0. The van der Waals surface area contributed by atoms with Crippen molar-refractivity contribution in [1.29, 1.82) is 0 Å². The van der Waals surface area contributed by atoms with E-state index in [2.05, 4.69) is 44.2 Å². The van der Waals surface area contributed by atoms with Gasteiger partial charge in [0.2, 0.25) is 11.8 Å². The van der Waals surface area contributed by atoms with Crippen LogP contribution in [0.25, 0.3) is 0 Å². The maximum Gasteiger partial charge on any atom is 0.227 e. The van der Waals surface area contributed by atoms with Crippen molar-refractivity contribution in [2.75, 3.05) is 19.6 Å². The van der Waals surface area contributed by atoms with Gasteiger partial charge in [-0.1, -0.05) is 54.1 Å². The van der Waals surface area contributed by atoms with Gasteiger partial charge in [0.1, 0.15) is 0 Å². The van der Waals surface area contributed by atoms with Crippen molar-refractivity contribution in [2.45, 2.75) is 33.2 Å². The molecule has 2 fully saturated rings. The van der Waals surface area contributed by atoms with Crippen LogP contribution in [0.3, 0.4) is 0 Å². The molecule has 2 amide bonds. The quantitative estimate of drug-likeness (QED) is 0.822. The van der Waals surface area contributed by atoms with Crippen LogP contribution in [0.2, 0.25) is 0 Å². The van der Waals surface area contributed by atoms with E-state index in [-0.39, 0.29) is 17.9 Å². The predicted octanol–water partition coefficient (Wildman–Crippen LogP) is 3.52. The summed E-state index contributed by atoms with van der Waals surface area (Å²) in [5, 5.41) is 0. The number of hydrogen-bond donors (Lipinski definition) is 0. The third-order valence-electron chi connectivity index (χ3n) is 6.41.